The first-order valence-corrected chi connectivity index (χ1v) is 14.0. The molecule has 2 fully saturated rings. The lowest BCUT2D eigenvalue weighted by Crippen LogP contribution is -2.41. The first kappa shape index (κ1) is 28.3. The molecule has 3 aromatic rings. The lowest BCUT2D eigenvalue weighted by molar-refractivity contribution is 0.00578. The first-order chi connectivity index (χ1) is 18.7. The maximum Gasteiger partial charge on any atom is 0.494 e. The van der Waals surface area contributed by atoms with Gasteiger partial charge in [-0.05, 0) is 90.2 Å². The van der Waals surface area contributed by atoms with Gasteiger partial charge in [-0.25, -0.2) is 4.79 Å². The molecule has 9 nitrogen and oxygen atoms in total. The fraction of sp³-hybridized carbons (Fsp3) is 0.533. The second-order valence-electron chi connectivity index (χ2n) is 12.8. The lowest BCUT2D eigenvalue weighted by Gasteiger charge is -2.32. The van der Waals surface area contributed by atoms with Crippen LogP contribution in [0.4, 0.5) is 10.5 Å². The van der Waals surface area contributed by atoms with Crippen molar-refractivity contribution in [2.75, 3.05) is 25.1 Å². The van der Waals surface area contributed by atoms with Crippen molar-refractivity contribution in [3.05, 3.63) is 48.2 Å². The molecule has 0 radical (unpaired) electrons. The minimum Gasteiger partial charge on any atom is -0.497 e. The van der Waals surface area contributed by atoms with Crippen LogP contribution in [0.15, 0.2) is 42.6 Å². The van der Waals surface area contributed by atoms with E-state index in [0.717, 1.165) is 46.3 Å². The topological polar surface area (TPSA) is 87.1 Å². The highest BCUT2D eigenvalue weighted by atomic mass is 16.7. The van der Waals surface area contributed by atoms with Crippen molar-refractivity contribution >= 4 is 35.3 Å². The second kappa shape index (κ2) is 10.3. The summed E-state index contributed by atoms with van der Waals surface area (Å²) in [6.45, 7) is 15.9. The molecule has 10 heteroatoms. The number of carbonyl (C=O) groups is 1. The van der Waals surface area contributed by atoms with Crippen LogP contribution < -0.4 is 20.4 Å². The summed E-state index contributed by atoms with van der Waals surface area (Å²) in [4.78, 5) is 14.7. The summed E-state index contributed by atoms with van der Waals surface area (Å²) in [5.74, 6) is 0.822. The average Bonchev–Trinajstić information content (AvgIpc) is 3.54. The molecule has 0 aliphatic carbocycles. The van der Waals surface area contributed by atoms with Gasteiger partial charge in [-0.2, -0.15) is 5.10 Å². The van der Waals surface area contributed by atoms with E-state index < -0.39 is 23.9 Å². The zero-order chi connectivity index (χ0) is 28.9. The van der Waals surface area contributed by atoms with E-state index >= 15 is 0 Å². The summed E-state index contributed by atoms with van der Waals surface area (Å²) in [5.41, 5.74) is 2.68. The largest absolute Gasteiger partial charge is 0.497 e. The van der Waals surface area contributed by atoms with Gasteiger partial charge >= 0.3 is 13.2 Å². The number of hydrogen-bond donors (Lipinski definition) is 1. The van der Waals surface area contributed by atoms with Crippen molar-refractivity contribution in [2.45, 2.75) is 84.3 Å². The minimum atomic E-state index is -0.538. The normalized spacial score (nSPS) is 20.2. The van der Waals surface area contributed by atoms with Crippen molar-refractivity contribution in [2.24, 2.45) is 0 Å². The van der Waals surface area contributed by atoms with Crippen LogP contribution in [0.3, 0.4) is 0 Å². The van der Waals surface area contributed by atoms with Crippen LogP contribution in [0, 0.1) is 0 Å². The quantitative estimate of drug-likeness (QED) is 0.454. The van der Waals surface area contributed by atoms with Gasteiger partial charge in [0.25, 0.3) is 0 Å². The molecule has 0 spiro atoms. The Hall–Kier alpha value is -3.24. The van der Waals surface area contributed by atoms with Gasteiger partial charge < -0.3 is 29.0 Å². The van der Waals surface area contributed by atoms with E-state index in [1.165, 1.54) is 0 Å². The molecule has 2 aromatic carbocycles. The monoisotopic (exact) mass is 548 g/mol. The van der Waals surface area contributed by atoms with Gasteiger partial charge in [-0.3, -0.25) is 4.68 Å². The average molecular weight is 548 g/mol. The van der Waals surface area contributed by atoms with Gasteiger partial charge in [0.2, 0.25) is 0 Å². The van der Waals surface area contributed by atoms with Crippen LogP contribution in [0.25, 0.3) is 10.9 Å². The number of methoxy groups -OCH3 is 1. The Balaban J connectivity index is 1.47. The molecule has 1 aromatic heterocycles. The van der Waals surface area contributed by atoms with Gasteiger partial charge in [-0.15, -0.1) is 0 Å². The Morgan fingerprint density at radius 2 is 1.80 bits per heavy atom. The van der Waals surface area contributed by atoms with Crippen LogP contribution >= 0.6 is 0 Å². The molecule has 1 amide bonds. The fourth-order valence-electron chi connectivity index (χ4n) is 5.16. The number of aromatic nitrogens is 2. The number of nitrogens with one attached hydrogen (secondary N) is 1. The number of ether oxygens (including phenoxy) is 2. The van der Waals surface area contributed by atoms with Gasteiger partial charge in [0.1, 0.15) is 11.4 Å². The van der Waals surface area contributed by atoms with E-state index in [0.29, 0.717) is 13.1 Å². The second-order valence-corrected chi connectivity index (χ2v) is 12.8. The molecule has 0 bridgehead atoms. The van der Waals surface area contributed by atoms with Gasteiger partial charge in [0.05, 0.1) is 42.6 Å². The summed E-state index contributed by atoms with van der Waals surface area (Å²) < 4.78 is 25.7. The highest BCUT2D eigenvalue weighted by Gasteiger charge is 2.52. The highest BCUT2D eigenvalue weighted by Crippen LogP contribution is 2.38. The Kier molecular flexibility index (Phi) is 7.29. The Labute approximate surface area is 237 Å². The van der Waals surface area contributed by atoms with E-state index in [-0.39, 0.29) is 12.1 Å². The highest BCUT2D eigenvalue weighted by molar-refractivity contribution is 6.62. The van der Waals surface area contributed by atoms with Crippen LogP contribution in [0.5, 0.6) is 5.75 Å². The number of carbonyl (C=O) groups excluding carboxylic acids is 1. The molecule has 40 heavy (non-hydrogen) atoms. The standard InChI is InChI=1S/C30H41BN4O5/c1-28(2,3)38-27(36)33-22-13-14-34(19-22)25-15-21(31-39-29(4,5)30(6,7)40-31)16-26-24(25)17-32-35(26)18-20-9-11-23(37-8)12-10-20/h9-12,15-17,22H,13-14,18-19H2,1-8H3,(H,33,36)/t22-/m0/s1. The molecular weight excluding hydrogens is 507 g/mol. The Morgan fingerprint density at radius 1 is 1.12 bits per heavy atom. The number of nitrogens with zero attached hydrogens (tertiary/aromatic N) is 3. The van der Waals surface area contributed by atoms with Crippen molar-refractivity contribution in [1.29, 1.82) is 0 Å². The van der Waals surface area contributed by atoms with Crippen molar-refractivity contribution < 1.29 is 23.6 Å². The molecule has 0 saturated carbocycles. The Morgan fingerprint density at radius 3 is 2.42 bits per heavy atom. The number of rotatable bonds is 6. The number of hydrogen-bond acceptors (Lipinski definition) is 7. The summed E-state index contributed by atoms with van der Waals surface area (Å²) in [6, 6.07) is 12.3. The van der Waals surface area contributed by atoms with Crippen LogP contribution in [0.1, 0.15) is 60.5 Å². The maximum atomic E-state index is 12.4. The smallest absolute Gasteiger partial charge is 0.494 e. The number of fused-ring (bicyclic) bond motifs is 1. The fourth-order valence-corrected chi connectivity index (χ4v) is 5.16. The third-order valence-electron chi connectivity index (χ3n) is 8.03. The summed E-state index contributed by atoms with van der Waals surface area (Å²) in [6.07, 6.45) is 2.36. The maximum absolute atomic E-state index is 12.4. The summed E-state index contributed by atoms with van der Waals surface area (Å²) in [5, 5.41) is 8.87. The number of benzene rings is 2. The molecule has 2 aliphatic heterocycles. The molecule has 2 saturated heterocycles. The lowest BCUT2D eigenvalue weighted by atomic mass is 9.78. The van der Waals surface area contributed by atoms with E-state index in [1.54, 1.807) is 7.11 Å². The molecular formula is C30H41BN4O5. The Bertz CT molecular complexity index is 1360. The molecule has 1 N–H and O–H groups in total. The zero-order valence-electron chi connectivity index (χ0n) is 24.9. The molecule has 0 unspecified atom stereocenters. The number of amides is 1. The third-order valence-corrected chi connectivity index (χ3v) is 8.03. The van der Waals surface area contributed by atoms with E-state index in [9.17, 15) is 4.79 Å². The van der Waals surface area contributed by atoms with Gasteiger partial charge in [0.15, 0.2) is 0 Å². The van der Waals surface area contributed by atoms with Gasteiger partial charge in [0, 0.05) is 24.2 Å². The first-order valence-electron chi connectivity index (χ1n) is 14.0. The van der Waals surface area contributed by atoms with E-state index in [2.05, 4.69) is 62.2 Å². The predicted octanol–water partition coefficient (Wildman–Crippen LogP) is 4.50. The van der Waals surface area contributed by atoms with Crippen LogP contribution in [-0.4, -0.2) is 66.0 Å². The zero-order valence-corrected chi connectivity index (χ0v) is 24.9. The molecule has 5 rings (SSSR count). The minimum absolute atomic E-state index is 0.0141. The van der Waals surface area contributed by atoms with Crippen LogP contribution in [-0.2, 0) is 20.6 Å². The summed E-state index contributed by atoms with van der Waals surface area (Å²) in [7, 11) is 1.16. The molecule has 214 valence electrons. The van der Waals surface area contributed by atoms with Crippen molar-refractivity contribution in [3.8, 4) is 5.75 Å². The molecule has 1 atom stereocenters. The SMILES string of the molecule is COc1ccc(Cn2ncc3c(N4CC[C@H](NC(=O)OC(C)(C)C)C4)cc(B4OC(C)(C)C(C)(C)O4)cc32)cc1. The van der Waals surface area contributed by atoms with Crippen LogP contribution in [0.2, 0.25) is 0 Å². The summed E-state index contributed by atoms with van der Waals surface area (Å²) >= 11 is 0. The third kappa shape index (κ3) is 5.79. The van der Waals surface area contributed by atoms with Crippen molar-refractivity contribution in [1.82, 2.24) is 15.1 Å². The van der Waals surface area contributed by atoms with E-state index in [1.807, 2.05) is 43.8 Å². The number of anilines is 1. The molecule has 3 heterocycles. The van der Waals surface area contributed by atoms with Crippen molar-refractivity contribution in [3.63, 3.8) is 0 Å². The number of alkyl carbamates (subject to hydrolysis) is 1. The van der Waals surface area contributed by atoms with E-state index in [4.69, 9.17) is 23.9 Å². The predicted molar refractivity (Wildman–Crippen MR) is 158 cm³/mol. The van der Waals surface area contributed by atoms with Gasteiger partial charge in [-0.1, -0.05) is 12.1 Å². The molecule has 2 aliphatic rings.